The average Bonchev–Trinajstić information content (AvgIpc) is 2.90. The molecule has 1 amide bonds. The van der Waals surface area contributed by atoms with E-state index < -0.39 is 5.91 Å². The van der Waals surface area contributed by atoms with Gasteiger partial charge in [-0.1, -0.05) is 24.3 Å². The minimum atomic E-state index is -0.461. The van der Waals surface area contributed by atoms with E-state index in [0.717, 1.165) is 0 Å². The summed E-state index contributed by atoms with van der Waals surface area (Å²) < 4.78 is 5.21. The number of benzene rings is 2. The molecule has 0 saturated heterocycles. The third kappa shape index (κ3) is 3.05. The molecule has 0 unspecified atom stereocenters. The molecule has 3 aromatic rings. The Hall–Kier alpha value is -3.35. The first-order valence-corrected chi connectivity index (χ1v) is 7.18. The summed E-state index contributed by atoms with van der Waals surface area (Å²) in [4.78, 5) is 14.7. The number of phenols is 1. The molecule has 0 atom stereocenters. The number of aromatic nitrogens is 1. The van der Waals surface area contributed by atoms with Gasteiger partial charge in [0.25, 0.3) is 5.91 Å². The fourth-order valence-electron chi connectivity index (χ4n) is 2.36. The van der Waals surface area contributed by atoms with Crippen molar-refractivity contribution < 1.29 is 19.7 Å². The van der Waals surface area contributed by atoms with Crippen LogP contribution < -0.4 is 4.74 Å². The maximum atomic E-state index is 11.9. The summed E-state index contributed by atoms with van der Waals surface area (Å²) in [5.41, 5.74) is 1.47. The summed E-state index contributed by atoms with van der Waals surface area (Å²) in [6, 6.07) is 11.5. The molecule has 122 valence electrons. The van der Waals surface area contributed by atoms with Crippen molar-refractivity contribution in [3.05, 3.63) is 48.0 Å². The molecule has 24 heavy (non-hydrogen) atoms. The number of H-pyrrole nitrogens is 1. The summed E-state index contributed by atoms with van der Waals surface area (Å²) in [5.74, 6) is 0.0400. The van der Waals surface area contributed by atoms with Crippen molar-refractivity contribution in [1.29, 1.82) is 0 Å². The molecule has 3 N–H and O–H groups in total. The number of methoxy groups -OCH3 is 1. The highest BCUT2D eigenvalue weighted by molar-refractivity contribution is 5.97. The van der Waals surface area contributed by atoms with Crippen LogP contribution in [0.2, 0.25) is 0 Å². The monoisotopic (exact) mass is 325 g/mol. The highest BCUT2D eigenvalue weighted by Gasteiger charge is 2.14. The van der Waals surface area contributed by atoms with Crippen molar-refractivity contribution in [2.24, 2.45) is 10.2 Å². The van der Waals surface area contributed by atoms with E-state index in [2.05, 4.69) is 15.2 Å². The second-order valence-electron chi connectivity index (χ2n) is 5.14. The van der Waals surface area contributed by atoms with Gasteiger partial charge in [-0.3, -0.25) is 4.79 Å². The van der Waals surface area contributed by atoms with Crippen molar-refractivity contribution in [3.63, 3.8) is 0 Å². The zero-order chi connectivity index (χ0) is 17.1. The van der Waals surface area contributed by atoms with E-state index in [1.54, 1.807) is 30.3 Å². The van der Waals surface area contributed by atoms with Gasteiger partial charge in [0.1, 0.15) is 11.5 Å². The Morgan fingerprint density at radius 2 is 1.92 bits per heavy atom. The van der Waals surface area contributed by atoms with Gasteiger partial charge < -0.3 is 19.9 Å². The fourth-order valence-corrected chi connectivity index (χ4v) is 2.36. The lowest BCUT2D eigenvalue weighted by molar-refractivity contribution is -0.117. The van der Waals surface area contributed by atoms with E-state index >= 15 is 0 Å². The van der Waals surface area contributed by atoms with Gasteiger partial charge in [0.05, 0.1) is 19.0 Å². The molecule has 1 aromatic heterocycles. The summed E-state index contributed by atoms with van der Waals surface area (Å²) in [5, 5.41) is 27.3. The van der Waals surface area contributed by atoms with Gasteiger partial charge in [0.2, 0.25) is 5.88 Å². The number of carbonyl (C=O) groups excluding carboxylic acids is 1. The molecule has 3 rings (SSSR count). The normalized spacial score (nSPS) is 11.2. The minimum Gasteiger partial charge on any atom is -0.508 e. The molecule has 0 radical (unpaired) electrons. The van der Waals surface area contributed by atoms with E-state index in [4.69, 9.17) is 4.74 Å². The second-order valence-corrected chi connectivity index (χ2v) is 5.14. The summed E-state index contributed by atoms with van der Waals surface area (Å²) in [6.45, 7) is 0. The molecule has 0 spiro atoms. The zero-order valence-corrected chi connectivity index (χ0v) is 12.9. The van der Waals surface area contributed by atoms with Crippen LogP contribution in [0.5, 0.6) is 17.4 Å². The Bertz CT molecular complexity index is 913. The van der Waals surface area contributed by atoms with E-state index in [9.17, 15) is 15.0 Å². The number of azo groups is 1. The summed E-state index contributed by atoms with van der Waals surface area (Å²) >= 11 is 0. The maximum absolute atomic E-state index is 11.9. The lowest BCUT2D eigenvalue weighted by Crippen LogP contribution is -1.97. The predicted octanol–water partition coefficient (Wildman–Crippen LogP) is 3.44. The van der Waals surface area contributed by atoms with Crippen LogP contribution in [-0.4, -0.2) is 28.2 Å². The van der Waals surface area contributed by atoms with Crippen LogP contribution in [0.3, 0.4) is 0 Å². The SMILES string of the molecule is COc1cccc2c(N=NC(=O)Cc3ccc(O)cc3)c(O)[nH]c12. The molecular weight excluding hydrogens is 310 g/mol. The van der Waals surface area contributed by atoms with Crippen LogP contribution >= 0.6 is 0 Å². The second kappa shape index (κ2) is 6.41. The number of rotatable bonds is 4. The Labute approximate surface area is 137 Å². The number of amides is 1. The van der Waals surface area contributed by atoms with Gasteiger partial charge in [-0.2, -0.15) is 0 Å². The molecule has 7 heteroatoms. The molecule has 2 aromatic carbocycles. The van der Waals surface area contributed by atoms with Crippen molar-refractivity contribution in [2.75, 3.05) is 7.11 Å². The molecule has 0 fully saturated rings. The molecule has 0 aliphatic rings. The number of phenolic OH excluding ortho intramolecular Hbond substituents is 1. The lowest BCUT2D eigenvalue weighted by atomic mass is 10.1. The van der Waals surface area contributed by atoms with Crippen molar-refractivity contribution in [1.82, 2.24) is 4.98 Å². The number of para-hydroxylation sites is 1. The number of hydrogen-bond donors (Lipinski definition) is 3. The largest absolute Gasteiger partial charge is 0.508 e. The van der Waals surface area contributed by atoms with Crippen molar-refractivity contribution in [3.8, 4) is 17.4 Å². The Morgan fingerprint density at radius 3 is 2.62 bits per heavy atom. The molecule has 0 aliphatic heterocycles. The van der Waals surface area contributed by atoms with Crippen LogP contribution in [0, 0.1) is 0 Å². The first-order valence-electron chi connectivity index (χ1n) is 7.18. The third-order valence-corrected chi connectivity index (χ3v) is 3.52. The highest BCUT2D eigenvalue weighted by Crippen LogP contribution is 2.39. The van der Waals surface area contributed by atoms with Gasteiger partial charge in [0, 0.05) is 5.39 Å². The standard InChI is InChI=1S/C17H15N3O4/c1-24-13-4-2-3-12-15(13)18-17(23)16(12)20-19-14(22)9-10-5-7-11(21)8-6-10/h2-8,18,21,23H,9H2,1H3. The smallest absolute Gasteiger partial charge is 0.269 e. The van der Waals surface area contributed by atoms with Gasteiger partial charge in [-0.05, 0) is 23.8 Å². The molecular formula is C17H15N3O4. The number of nitrogens with zero attached hydrogens (tertiary/aromatic N) is 2. The van der Waals surface area contributed by atoms with E-state index in [0.29, 0.717) is 22.2 Å². The predicted molar refractivity (Wildman–Crippen MR) is 87.8 cm³/mol. The van der Waals surface area contributed by atoms with E-state index in [1.165, 1.54) is 19.2 Å². The van der Waals surface area contributed by atoms with Crippen LogP contribution in [-0.2, 0) is 11.2 Å². The lowest BCUT2D eigenvalue weighted by Gasteiger charge is -1.99. The van der Waals surface area contributed by atoms with Crippen LogP contribution in [0.4, 0.5) is 5.69 Å². The number of aromatic hydroxyl groups is 2. The number of hydrogen-bond acceptors (Lipinski definition) is 5. The number of carbonyl (C=O) groups is 1. The Kier molecular flexibility index (Phi) is 4.15. The number of fused-ring (bicyclic) bond motifs is 1. The first kappa shape index (κ1) is 15.5. The molecule has 0 bridgehead atoms. The molecule has 0 aliphatic carbocycles. The van der Waals surface area contributed by atoms with E-state index in [1.807, 2.05) is 0 Å². The van der Waals surface area contributed by atoms with Gasteiger partial charge >= 0.3 is 0 Å². The quantitative estimate of drug-likeness (QED) is 0.639. The summed E-state index contributed by atoms with van der Waals surface area (Å²) in [7, 11) is 1.52. The third-order valence-electron chi connectivity index (χ3n) is 3.52. The molecule has 1 heterocycles. The first-order chi connectivity index (χ1) is 11.6. The van der Waals surface area contributed by atoms with Crippen molar-refractivity contribution in [2.45, 2.75) is 6.42 Å². The fraction of sp³-hybridized carbons (Fsp3) is 0.118. The van der Waals surface area contributed by atoms with Gasteiger partial charge in [-0.15, -0.1) is 10.2 Å². The van der Waals surface area contributed by atoms with Crippen LogP contribution in [0.25, 0.3) is 10.9 Å². The molecule has 0 saturated carbocycles. The highest BCUT2D eigenvalue weighted by atomic mass is 16.5. The van der Waals surface area contributed by atoms with Crippen LogP contribution in [0.1, 0.15) is 5.56 Å². The van der Waals surface area contributed by atoms with E-state index in [-0.39, 0.29) is 23.7 Å². The average molecular weight is 325 g/mol. The topological polar surface area (TPSA) is 107 Å². The Morgan fingerprint density at radius 1 is 1.17 bits per heavy atom. The van der Waals surface area contributed by atoms with Gasteiger partial charge in [0.15, 0.2) is 5.69 Å². The zero-order valence-electron chi connectivity index (χ0n) is 12.9. The number of ether oxygens (including phenoxy) is 1. The Balaban J connectivity index is 1.83. The van der Waals surface area contributed by atoms with Crippen molar-refractivity contribution >= 4 is 22.5 Å². The van der Waals surface area contributed by atoms with Crippen LogP contribution in [0.15, 0.2) is 52.7 Å². The minimum absolute atomic E-state index is 0.0518. The maximum Gasteiger partial charge on any atom is 0.269 e. The number of aromatic amines is 1. The molecule has 7 nitrogen and oxygen atoms in total. The van der Waals surface area contributed by atoms with Gasteiger partial charge in [-0.25, -0.2) is 0 Å². The number of nitrogens with one attached hydrogen (secondary N) is 1. The summed E-state index contributed by atoms with van der Waals surface area (Å²) in [6.07, 6.45) is 0.0518.